The van der Waals surface area contributed by atoms with Gasteiger partial charge in [0.2, 0.25) is 11.9 Å². The quantitative estimate of drug-likeness (QED) is 0.665. The van der Waals surface area contributed by atoms with E-state index in [1.165, 1.54) is 0 Å². The summed E-state index contributed by atoms with van der Waals surface area (Å²) in [7, 11) is 1.56. The Morgan fingerprint density at radius 1 is 1.12 bits per heavy atom. The van der Waals surface area contributed by atoms with E-state index in [1.807, 2.05) is 24.3 Å². The van der Waals surface area contributed by atoms with Crippen LogP contribution in [0.1, 0.15) is 17.3 Å². The van der Waals surface area contributed by atoms with Crippen LogP contribution < -0.4 is 15.4 Å². The molecule has 7 heteroatoms. The van der Waals surface area contributed by atoms with Crippen LogP contribution in [0.3, 0.4) is 0 Å². The van der Waals surface area contributed by atoms with Crippen LogP contribution in [0, 0.1) is 0 Å². The van der Waals surface area contributed by atoms with Gasteiger partial charge in [-0.15, -0.1) is 0 Å². The summed E-state index contributed by atoms with van der Waals surface area (Å²) in [6, 6.07) is 13.4. The zero-order valence-electron chi connectivity index (χ0n) is 13.9. The van der Waals surface area contributed by atoms with E-state index in [4.69, 9.17) is 4.74 Å². The Kier molecular flexibility index (Phi) is 4.65. The van der Waals surface area contributed by atoms with Crippen molar-refractivity contribution in [2.45, 2.75) is 13.0 Å². The minimum absolute atomic E-state index is 0.338. The van der Waals surface area contributed by atoms with E-state index in [2.05, 4.69) is 20.6 Å². The molecular formula is C18H18N4O3. The molecule has 0 radical (unpaired) electrons. The summed E-state index contributed by atoms with van der Waals surface area (Å²) < 4.78 is 5.05. The first-order valence-electron chi connectivity index (χ1n) is 7.77. The molecule has 3 rings (SSSR count). The second-order valence-corrected chi connectivity index (χ2v) is 5.52. The fraction of sp³-hybridized carbons (Fsp3) is 0.167. The molecule has 3 aromatic rings. The van der Waals surface area contributed by atoms with E-state index < -0.39 is 6.04 Å². The molecule has 0 aliphatic rings. The maximum absolute atomic E-state index is 12.3. The third kappa shape index (κ3) is 3.77. The molecule has 1 aromatic heterocycles. The van der Waals surface area contributed by atoms with E-state index in [-0.39, 0.29) is 11.8 Å². The molecule has 0 saturated heterocycles. The largest absolute Gasteiger partial charge is 0.497 e. The Labute approximate surface area is 144 Å². The monoisotopic (exact) mass is 338 g/mol. The molecule has 25 heavy (non-hydrogen) atoms. The fourth-order valence-corrected chi connectivity index (χ4v) is 2.32. The van der Waals surface area contributed by atoms with E-state index in [1.54, 1.807) is 38.3 Å². The number of nitrogens with one attached hydrogen (secondary N) is 3. The van der Waals surface area contributed by atoms with Crippen LogP contribution in [-0.2, 0) is 4.79 Å². The summed E-state index contributed by atoms with van der Waals surface area (Å²) >= 11 is 0. The van der Waals surface area contributed by atoms with Crippen molar-refractivity contribution in [3.05, 3.63) is 54.1 Å². The molecule has 0 spiro atoms. The molecule has 2 amide bonds. The van der Waals surface area contributed by atoms with Crippen LogP contribution in [-0.4, -0.2) is 34.9 Å². The number of imidazole rings is 1. The molecule has 128 valence electrons. The summed E-state index contributed by atoms with van der Waals surface area (Å²) in [6.07, 6.45) is 0. The molecule has 1 atom stereocenters. The first-order chi connectivity index (χ1) is 12.1. The molecule has 0 aliphatic carbocycles. The Morgan fingerprint density at radius 3 is 2.52 bits per heavy atom. The number of H-pyrrole nitrogens is 1. The van der Waals surface area contributed by atoms with Crippen molar-refractivity contribution in [1.82, 2.24) is 15.3 Å². The number of hydrogen-bond acceptors (Lipinski definition) is 4. The van der Waals surface area contributed by atoms with Crippen molar-refractivity contribution in [3.8, 4) is 5.75 Å². The number of aromatic nitrogens is 2. The van der Waals surface area contributed by atoms with Crippen LogP contribution in [0.5, 0.6) is 5.75 Å². The van der Waals surface area contributed by atoms with Gasteiger partial charge in [-0.1, -0.05) is 12.1 Å². The number of hydrogen-bond donors (Lipinski definition) is 3. The summed E-state index contributed by atoms with van der Waals surface area (Å²) in [5.74, 6) is 0.305. The number of nitrogens with zero attached hydrogens (tertiary/aromatic N) is 1. The molecule has 1 unspecified atom stereocenters. The average molecular weight is 338 g/mol. The van der Waals surface area contributed by atoms with Crippen LogP contribution in [0.2, 0.25) is 0 Å². The highest BCUT2D eigenvalue weighted by Crippen LogP contribution is 2.14. The van der Waals surface area contributed by atoms with Gasteiger partial charge < -0.3 is 15.0 Å². The number of fused-ring (bicyclic) bond motifs is 1. The van der Waals surface area contributed by atoms with Crippen LogP contribution >= 0.6 is 0 Å². The van der Waals surface area contributed by atoms with Crippen molar-refractivity contribution in [2.24, 2.45) is 0 Å². The third-order valence-corrected chi connectivity index (χ3v) is 3.72. The van der Waals surface area contributed by atoms with Crippen molar-refractivity contribution in [2.75, 3.05) is 12.4 Å². The number of amides is 2. The number of aromatic amines is 1. The highest BCUT2D eigenvalue weighted by atomic mass is 16.5. The Hall–Kier alpha value is -3.35. The van der Waals surface area contributed by atoms with Gasteiger partial charge >= 0.3 is 0 Å². The van der Waals surface area contributed by atoms with Crippen LogP contribution in [0.4, 0.5) is 5.95 Å². The SMILES string of the molecule is COc1ccc(C(=O)NC(C)C(=O)Nc2nc3ccccc3[nH]2)cc1. The number of carbonyl (C=O) groups excluding carboxylic acids is 2. The number of methoxy groups -OCH3 is 1. The van der Waals surface area contributed by atoms with Gasteiger partial charge in [-0.25, -0.2) is 4.98 Å². The van der Waals surface area contributed by atoms with E-state index >= 15 is 0 Å². The van der Waals surface area contributed by atoms with Crippen molar-refractivity contribution in [3.63, 3.8) is 0 Å². The molecule has 0 saturated carbocycles. The molecule has 0 fully saturated rings. The lowest BCUT2D eigenvalue weighted by atomic mass is 10.2. The van der Waals surface area contributed by atoms with E-state index in [9.17, 15) is 9.59 Å². The maximum Gasteiger partial charge on any atom is 0.251 e. The van der Waals surface area contributed by atoms with Gasteiger partial charge in [0.05, 0.1) is 18.1 Å². The number of rotatable bonds is 5. The number of benzene rings is 2. The smallest absolute Gasteiger partial charge is 0.251 e. The highest BCUT2D eigenvalue weighted by Gasteiger charge is 2.18. The van der Waals surface area contributed by atoms with Crippen LogP contribution in [0.15, 0.2) is 48.5 Å². The third-order valence-electron chi connectivity index (χ3n) is 3.72. The number of ether oxygens (including phenoxy) is 1. The molecule has 3 N–H and O–H groups in total. The summed E-state index contributed by atoms with van der Waals surface area (Å²) in [5.41, 5.74) is 2.03. The van der Waals surface area contributed by atoms with Gasteiger partial charge in [0, 0.05) is 5.56 Å². The topological polar surface area (TPSA) is 96.1 Å². The van der Waals surface area contributed by atoms with E-state index in [0.717, 1.165) is 11.0 Å². The normalized spacial score (nSPS) is 11.8. The predicted molar refractivity (Wildman–Crippen MR) is 94.6 cm³/mol. The summed E-state index contributed by atoms with van der Waals surface area (Å²) in [4.78, 5) is 31.7. The first kappa shape index (κ1) is 16.5. The minimum Gasteiger partial charge on any atom is -0.497 e. The molecule has 7 nitrogen and oxygen atoms in total. The Morgan fingerprint density at radius 2 is 1.84 bits per heavy atom. The minimum atomic E-state index is -0.720. The molecule has 0 aliphatic heterocycles. The fourth-order valence-electron chi connectivity index (χ4n) is 2.32. The number of anilines is 1. The molecule has 0 bridgehead atoms. The zero-order chi connectivity index (χ0) is 17.8. The van der Waals surface area contributed by atoms with Gasteiger partial charge in [-0.05, 0) is 43.3 Å². The van der Waals surface area contributed by atoms with Crippen molar-refractivity contribution in [1.29, 1.82) is 0 Å². The van der Waals surface area contributed by atoms with Gasteiger partial charge in [-0.3, -0.25) is 14.9 Å². The molecular weight excluding hydrogens is 320 g/mol. The van der Waals surface area contributed by atoms with Gasteiger partial charge in [0.1, 0.15) is 11.8 Å². The average Bonchev–Trinajstić information content (AvgIpc) is 3.03. The Bertz CT molecular complexity index is 869. The second kappa shape index (κ2) is 7.04. The second-order valence-electron chi connectivity index (χ2n) is 5.52. The van der Waals surface area contributed by atoms with E-state index in [0.29, 0.717) is 17.3 Å². The first-order valence-corrected chi connectivity index (χ1v) is 7.77. The number of para-hydroxylation sites is 2. The van der Waals surface area contributed by atoms with Gasteiger partial charge in [0.25, 0.3) is 5.91 Å². The lowest BCUT2D eigenvalue weighted by Gasteiger charge is -2.13. The molecule has 1 heterocycles. The van der Waals surface area contributed by atoms with Gasteiger partial charge in [-0.2, -0.15) is 0 Å². The standard InChI is InChI=1S/C18H18N4O3/c1-11(19-17(24)12-7-9-13(25-2)10-8-12)16(23)22-18-20-14-5-3-4-6-15(14)21-18/h3-11H,1-2H3,(H,19,24)(H2,20,21,22,23). The summed E-state index contributed by atoms with van der Waals surface area (Å²) in [6.45, 7) is 1.61. The Balaban J connectivity index is 1.62. The van der Waals surface area contributed by atoms with Crippen molar-refractivity contribution >= 4 is 28.8 Å². The molecule has 2 aromatic carbocycles. The lowest BCUT2D eigenvalue weighted by molar-refractivity contribution is -0.117. The lowest BCUT2D eigenvalue weighted by Crippen LogP contribution is -2.41. The highest BCUT2D eigenvalue weighted by molar-refractivity contribution is 6.00. The van der Waals surface area contributed by atoms with Gasteiger partial charge in [0.15, 0.2) is 0 Å². The number of carbonyl (C=O) groups is 2. The summed E-state index contributed by atoms with van der Waals surface area (Å²) in [5, 5.41) is 5.32. The van der Waals surface area contributed by atoms with Crippen LogP contribution in [0.25, 0.3) is 11.0 Å². The zero-order valence-corrected chi connectivity index (χ0v) is 13.9. The van der Waals surface area contributed by atoms with Crippen molar-refractivity contribution < 1.29 is 14.3 Å². The predicted octanol–water partition coefficient (Wildman–Crippen LogP) is 2.33. The maximum atomic E-state index is 12.3.